The Balaban J connectivity index is 3.59. The number of aliphatic hydroxyl groups excluding tert-OH is 1. The van der Waals surface area contributed by atoms with Crippen molar-refractivity contribution < 1.29 is 5.11 Å². The normalized spacial score (nSPS) is 15.7. The Morgan fingerprint density at radius 2 is 2.11 bits per heavy atom. The largest absolute Gasteiger partial charge is 0.396 e. The van der Waals surface area contributed by atoms with E-state index in [1.54, 1.807) is 0 Å². The third kappa shape index (κ3) is 3.78. The van der Waals surface area contributed by atoms with Gasteiger partial charge in [-0.3, -0.25) is 0 Å². The van der Waals surface area contributed by atoms with Crippen LogP contribution in [0.1, 0.15) is 20.3 Å². The lowest BCUT2D eigenvalue weighted by Gasteiger charge is -2.24. The van der Waals surface area contributed by atoms with Crippen LogP contribution >= 0.6 is 12.6 Å². The molecule has 0 fully saturated rings. The minimum Gasteiger partial charge on any atom is -0.396 e. The molecule has 0 rings (SSSR count). The zero-order valence-electron chi connectivity index (χ0n) is 5.96. The Labute approximate surface area is 61.9 Å². The van der Waals surface area contributed by atoms with Gasteiger partial charge in [0, 0.05) is 17.4 Å². The zero-order valence-corrected chi connectivity index (χ0v) is 6.86. The van der Waals surface area contributed by atoms with Crippen molar-refractivity contribution >= 4 is 12.6 Å². The number of nitrogens with two attached hydrogens (primary N) is 1. The summed E-state index contributed by atoms with van der Waals surface area (Å²) < 4.78 is -0.178. The predicted octanol–water partition coefficient (Wildman–Crippen LogP) is 0.405. The third-order valence-electron chi connectivity index (χ3n) is 1.35. The van der Waals surface area contributed by atoms with Crippen LogP contribution in [0.2, 0.25) is 0 Å². The van der Waals surface area contributed by atoms with Gasteiger partial charge in [0.05, 0.1) is 0 Å². The zero-order chi connectivity index (χ0) is 7.49. The van der Waals surface area contributed by atoms with Gasteiger partial charge in [-0.2, -0.15) is 12.6 Å². The first-order valence-electron chi connectivity index (χ1n) is 3.07. The van der Waals surface area contributed by atoms with Crippen LogP contribution in [0.15, 0.2) is 0 Å². The molecule has 0 aromatic carbocycles. The Morgan fingerprint density at radius 3 is 2.22 bits per heavy atom. The number of thiol groups is 1. The van der Waals surface area contributed by atoms with E-state index in [0.29, 0.717) is 6.42 Å². The van der Waals surface area contributed by atoms with Gasteiger partial charge in [0.15, 0.2) is 0 Å². The lowest BCUT2D eigenvalue weighted by molar-refractivity contribution is 0.267. The molecule has 1 atom stereocenters. The van der Waals surface area contributed by atoms with E-state index in [1.165, 1.54) is 0 Å². The van der Waals surface area contributed by atoms with Crippen LogP contribution in [0.25, 0.3) is 0 Å². The quantitative estimate of drug-likeness (QED) is 0.509. The fourth-order valence-electron chi connectivity index (χ4n) is 0.492. The summed E-state index contributed by atoms with van der Waals surface area (Å²) in [6.07, 6.45) is 0.622. The van der Waals surface area contributed by atoms with Gasteiger partial charge in [0.25, 0.3) is 0 Å². The van der Waals surface area contributed by atoms with Crippen LogP contribution in [-0.2, 0) is 0 Å². The molecule has 9 heavy (non-hydrogen) atoms. The highest BCUT2D eigenvalue weighted by atomic mass is 32.1. The van der Waals surface area contributed by atoms with E-state index in [1.807, 2.05) is 13.8 Å². The molecule has 2 nitrogen and oxygen atoms in total. The molecule has 0 heterocycles. The predicted molar refractivity (Wildman–Crippen MR) is 42.7 cm³/mol. The highest BCUT2D eigenvalue weighted by molar-refractivity contribution is 7.81. The Morgan fingerprint density at radius 1 is 1.67 bits per heavy atom. The van der Waals surface area contributed by atoms with Gasteiger partial charge in [-0.15, -0.1) is 0 Å². The van der Waals surface area contributed by atoms with Crippen molar-refractivity contribution in [3.05, 3.63) is 0 Å². The molecule has 0 saturated carbocycles. The maximum absolute atomic E-state index is 8.49. The summed E-state index contributed by atoms with van der Waals surface area (Å²) >= 11 is 4.25. The number of hydrogen-bond donors (Lipinski definition) is 3. The van der Waals surface area contributed by atoms with E-state index < -0.39 is 0 Å². The van der Waals surface area contributed by atoms with Crippen LogP contribution in [0.3, 0.4) is 0 Å². The van der Waals surface area contributed by atoms with Gasteiger partial charge in [-0.1, -0.05) is 0 Å². The molecule has 0 aromatic heterocycles. The van der Waals surface area contributed by atoms with Crippen molar-refractivity contribution in [3.8, 4) is 0 Å². The molecule has 0 aromatic rings. The van der Waals surface area contributed by atoms with Crippen LogP contribution in [0.5, 0.6) is 0 Å². The van der Waals surface area contributed by atoms with Gasteiger partial charge in [-0.05, 0) is 20.3 Å². The van der Waals surface area contributed by atoms with Crippen LogP contribution in [0.4, 0.5) is 0 Å². The van der Waals surface area contributed by atoms with E-state index in [-0.39, 0.29) is 17.4 Å². The van der Waals surface area contributed by atoms with Crippen LogP contribution in [0, 0.1) is 0 Å². The topological polar surface area (TPSA) is 46.2 Å². The minimum absolute atomic E-state index is 0.0224. The van der Waals surface area contributed by atoms with E-state index in [2.05, 4.69) is 12.6 Å². The standard InChI is InChI=1S/C6H15NOS/c1-6(2,9)5(7)3-4-8/h5,8-9H,3-4,7H2,1-2H3. The first-order valence-corrected chi connectivity index (χ1v) is 3.52. The molecule has 0 radical (unpaired) electrons. The van der Waals surface area contributed by atoms with Crippen molar-refractivity contribution in [2.24, 2.45) is 5.73 Å². The SMILES string of the molecule is CC(C)(S)C(N)CCO. The number of rotatable bonds is 3. The van der Waals surface area contributed by atoms with E-state index in [4.69, 9.17) is 10.8 Å². The van der Waals surface area contributed by atoms with Crippen molar-refractivity contribution in [3.63, 3.8) is 0 Å². The molecule has 0 spiro atoms. The van der Waals surface area contributed by atoms with Gasteiger partial charge in [-0.25, -0.2) is 0 Å². The summed E-state index contributed by atoms with van der Waals surface area (Å²) in [4.78, 5) is 0. The van der Waals surface area contributed by atoms with Gasteiger partial charge in [0.2, 0.25) is 0 Å². The number of aliphatic hydroxyl groups is 1. The second kappa shape index (κ2) is 3.44. The van der Waals surface area contributed by atoms with Crippen molar-refractivity contribution in [1.82, 2.24) is 0 Å². The minimum atomic E-state index is -0.178. The highest BCUT2D eigenvalue weighted by Gasteiger charge is 2.20. The number of hydrogen-bond acceptors (Lipinski definition) is 3. The van der Waals surface area contributed by atoms with Crippen molar-refractivity contribution in [2.45, 2.75) is 31.1 Å². The van der Waals surface area contributed by atoms with Gasteiger partial charge >= 0.3 is 0 Å². The summed E-state index contributed by atoms with van der Waals surface area (Å²) in [7, 11) is 0. The molecule has 56 valence electrons. The summed E-state index contributed by atoms with van der Waals surface area (Å²) in [5, 5.41) is 8.49. The highest BCUT2D eigenvalue weighted by Crippen LogP contribution is 2.17. The molecule has 3 N–H and O–H groups in total. The average Bonchev–Trinajstić information content (AvgIpc) is 1.64. The van der Waals surface area contributed by atoms with Gasteiger partial charge < -0.3 is 10.8 Å². The molecule has 1 unspecified atom stereocenters. The molecule has 0 bridgehead atoms. The van der Waals surface area contributed by atoms with Crippen LogP contribution < -0.4 is 5.73 Å². The van der Waals surface area contributed by atoms with E-state index in [9.17, 15) is 0 Å². The molecule has 0 amide bonds. The average molecular weight is 149 g/mol. The summed E-state index contributed by atoms with van der Waals surface area (Å²) in [5.74, 6) is 0. The summed E-state index contributed by atoms with van der Waals surface area (Å²) in [6.45, 7) is 4.03. The summed E-state index contributed by atoms with van der Waals surface area (Å²) in [5.41, 5.74) is 5.62. The van der Waals surface area contributed by atoms with Crippen molar-refractivity contribution in [1.29, 1.82) is 0 Å². The molecule has 0 aliphatic carbocycles. The van der Waals surface area contributed by atoms with Crippen LogP contribution in [-0.4, -0.2) is 22.5 Å². The van der Waals surface area contributed by atoms with Gasteiger partial charge in [0.1, 0.15) is 0 Å². The fourth-order valence-corrected chi connectivity index (χ4v) is 0.621. The molecule has 0 aliphatic rings. The molecule has 0 saturated heterocycles. The second-order valence-corrected chi connectivity index (χ2v) is 3.93. The molecular weight excluding hydrogens is 134 g/mol. The lowest BCUT2D eigenvalue weighted by Crippen LogP contribution is -2.39. The fraction of sp³-hybridized carbons (Fsp3) is 1.00. The van der Waals surface area contributed by atoms with Crippen molar-refractivity contribution in [2.75, 3.05) is 6.61 Å². The first kappa shape index (κ1) is 9.27. The second-order valence-electron chi connectivity index (χ2n) is 2.77. The third-order valence-corrected chi connectivity index (χ3v) is 1.68. The smallest absolute Gasteiger partial charge is 0.0446 e. The maximum Gasteiger partial charge on any atom is 0.0446 e. The Kier molecular flexibility index (Phi) is 3.54. The Hall–Kier alpha value is 0.270. The Bertz CT molecular complexity index is 79.6. The van der Waals surface area contributed by atoms with E-state index >= 15 is 0 Å². The lowest BCUT2D eigenvalue weighted by atomic mass is 10.0. The maximum atomic E-state index is 8.49. The molecular formula is C6H15NOS. The van der Waals surface area contributed by atoms with E-state index in [0.717, 1.165) is 0 Å². The molecule has 0 aliphatic heterocycles. The molecule has 3 heteroatoms. The first-order chi connectivity index (χ1) is 3.98. The monoisotopic (exact) mass is 149 g/mol. The summed E-state index contributed by atoms with van der Waals surface area (Å²) in [6, 6.07) is -0.0224.